The first-order chi connectivity index (χ1) is 18.0. The van der Waals surface area contributed by atoms with E-state index in [1.165, 1.54) is 102 Å². The maximum atomic E-state index is 10.2. The Balaban J connectivity index is 0.000000958. The molecule has 0 aliphatic carbocycles. The summed E-state index contributed by atoms with van der Waals surface area (Å²) in [5.74, 6) is -2.38. The molecule has 0 aliphatic heterocycles. The zero-order chi connectivity index (χ0) is 28.8. The van der Waals surface area contributed by atoms with Crippen molar-refractivity contribution in [3.8, 4) is 5.75 Å². The van der Waals surface area contributed by atoms with Gasteiger partial charge in [-0.05, 0) is 0 Å². The Labute approximate surface area is 247 Å². The molecule has 1 aromatic carbocycles. The smallest absolute Gasteiger partial charge is 0.325 e. The first-order valence-electron chi connectivity index (χ1n) is 14.1. The molecule has 0 bridgehead atoms. The van der Waals surface area contributed by atoms with Gasteiger partial charge >= 0.3 is 142 Å². The summed E-state index contributed by atoms with van der Waals surface area (Å²) in [6, 6.07) is 8.60. The zero-order valence-electron chi connectivity index (χ0n) is 23.6. The number of hydrogen-bond donors (Lipinski definition) is 3. The SMILES string of the molecule is CCCCCCCCCCCCCCCCc1ccccc1O[CH](C)[Na].O=C(O)CC(C(=O)O)S(=O)(=O)O. The molecular weight excluding hydrogens is 519 g/mol. The molecule has 8 nitrogen and oxygen atoms in total. The number of ether oxygens (including phenoxy) is 1. The Morgan fingerprint density at radius 1 is 0.842 bits per heavy atom. The second-order valence-electron chi connectivity index (χ2n) is 10.1. The Hall–Kier alpha value is -1.13. The minimum absolute atomic E-state index is 0.396. The van der Waals surface area contributed by atoms with E-state index in [4.69, 9.17) is 19.5 Å². The third-order valence-corrected chi connectivity index (χ3v) is 7.45. The van der Waals surface area contributed by atoms with Crippen molar-refractivity contribution >= 4 is 50.0 Å². The quantitative estimate of drug-likeness (QED) is 0.0882. The minimum atomic E-state index is -4.84. The summed E-state index contributed by atoms with van der Waals surface area (Å²) in [7, 11) is -4.84. The molecule has 0 saturated heterocycles. The van der Waals surface area contributed by atoms with Gasteiger partial charge in [-0.1, -0.05) is 51.9 Å². The fourth-order valence-electron chi connectivity index (χ4n) is 4.07. The molecule has 0 spiro atoms. The number of carboxylic acids is 2. The van der Waals surface area contributed by atoms with Crippen LogP contribution in [0.5, 0.6) is 5.75 Å². The van der Waals surface area contributed by atoms with Crippen LogP contribution in [0.3, 0.4) is 0 Å². The number of rotatable bonds is 21. The van der Waals surface area contributed by atoms with Crippen molar-refractivity contribution in [2.24, 2.45) is 0 Å². The molecule has 0 fully saturated rings. The zero-order valence-corrected chi connectivity index (χ0v) is 26.4. The van der Waals surface area contributed by atoms with Gasteiger partial charge in [0.1, 0.15) is 0 Å². The molecule has 2 unspecified atom stereocenters. The van der Waals surface area contributed by atoms with E-state index in [1.54, 1.807) is 0 Å². The van der Waals surface area contributed by atoms with E-state index in [9.17, 15) is 18.0 Å². The maximum Gasteiger partial charge on any atom is 0.325 e. The summed E-state index contributed by atoms with van der Waals surface area (Å²) in [6.07, 6.45) is 19.9. The molecule has 1 rings (SSSR count). The third kappa shape index (κ3) is 20.8. The van der Waals surface area contributed by atoms with Gasteiger partial charge in [-0.25, -0.2) is 0 Å². The molecule has 0 heterocycles. The molecule has 2 atom stereocenters. The molecule has 38 heavy (non-hydrogen) atoms. The van der Waals surface area contributed by atoms with Gasteiger partial charge in [-0.3, -0.25) is 14.1 Å². The first kappa shape index (κ1) is 36.9. The van der Waals surface area contributed by atoms with Crippen molar-refractivity contribution in [2.45, 2.75) is 125 Å². The van der Waals surface area contributed by atoms with Crippen LogP contribution in [-0.4, -0.2) is 71.7 Å². The second kappa shape index (κ2) is 22.7. The van der Waals surface area contributed by atoms with E-state index in [0.717, 1.165) is 33.7 Å². The Morgan fingerprint density at radius 2 is 1.29 bits per heavy atom. The number of carbonyl (C=O) groups is 2. The van der Waals surface area contributed by atoms with E-state index in [1.807, 2.05) is 0 Å². The van der Waals surface area contributed by atoms with E-state index < -0.39 is 33.7 Å². The van der Waals surface area contributed by atoms with Crippen molar-refractivity contribution in [2.75, 3.05) is 0 Å². The molecular formula is C28H47NaO8S. The van der Waals surface area contributed by atoms with Gasteiger partial charge < -0.3 is 10.2 Å². The molecule has 214 valence electrons. The number of carboxylic acid groups (broad SMARTS) is 2. The number of unbranched alkanes of at least 4 members (excludes halogenated alkanes) is 13. The fourth-order valence-corrected chi connectivity index (χ4v) is 4.93. The maximum absolute atomic E-state index is 10.2. The first-order valence-corrected chi connectivity index (χ1v) is 16.8. The van der Waals surface area contributed by atoms with Gasteiger partial charge in [0.15, 0.2) is 5.25 Å². The van der Waals surface area contributed by atoms with Crippen LogP contribution in [-0.2, 0) is 26.1 Å². The van der Waals surface area contributed by atoms with Crippen LogP contribution in [0.25, 0.3) is 0 Å². The Bertz CT molecular complexity index is 873. The summed E-state index contributed by atoms with van der Waals surface area (Å²) in [5.41, 5.74) is 1.40. The normalized spacial score (nSPS) is 12.8. The number of para-hydroxylation sites is 1. The predicted molar refractivity (Wildman–Crippen MR) is 152 cm³/mol. The van der Waals surface area contributed by atoms with Gasteiger partial charge in [-0.2, -0.15) is 8.42 Å². The van der Waals surface area contributed by atoms with Crippen molar-refractivity contribution in [3.05, 3.63) is 29.8 Å². The fraction of sp³-hybridized carbons (Fsp3) is 0.714. The number of aryl methyl sites for hydroxylation is 1. The number of aliphatic carboxylic acids is 2. The van der Waals surface area contributed by atoms with Crippen LogP contribution in [0.4, 0.5) is 0 Å². The predicted octanol–water partition coefficient (Wildman–Crippen LogP) is 6.41. The summed E-state index contributed by atoms with van der Waals surface area (Å²) in [5, 5.41) is 13.9. The Morgan fingerprint density at radius 3 is 1.66 bits per heavy atom. The van der Waals surface area contributed by atoms with Gasteiger partial charge in [-0.15, -0.1) is 0 Å². The van der Waals surface area contributed by atoms with E-state index >= 15 is 0 Å². The molecule has 0 saturated carbocycles. The van der Waals surface area contributed by atoms with Crippen LogP contribution >= 0.6 is 0 Å². The van der Waals surface area contributed by atoms with E-state index in [-0.39, 0.29) is 0 Å². The average molecular weight is 567 g/mol. The van der Waals surface area contributed by atoms with Crippen LogP contribution in [0.15, 0.2) is 24.3 Å². The minimum Gasteiger partial charge on any atom is -0.481 e. The van der Waals surface area contributed by atoms with E-state index in [2.05, 4.69) is 38.1 Å². The number of benzene rings is 1. The molecule has 10 heteroatoms. The largest absolute Gasteiger partial charge is 0.481 e. The van der Waals surface area contributed by atoms with Gasteiger partial charge in [0.05, 0.1) is 6.42 Å². The monoisotopic (exact) mass is 566 g/mol. The van der Waals surface area contributed by atoms with Crippen molar-refractivity contribution < 1.29 is 37.5 Å². The third-order valence-electron chi connectivity index (χ3n) is 6.13. The van der Waals surface area contributed by atoms with Crippen LogP contribution in [0.2, 0.25) is 0 Å². The second-order valence-corrected chi connectivity index (χ2v) is 13.3. The summed E-state index contributed by atoms with van der Waals surface area (Å²) in [6.45, 7) is 4.46. The average Bonchev–Trinajstić information content (AvgIpc) is 2.83. The molecule has 0 radical (unpaired) electrons. The van der Waals surface area contributed by atoms with Crippen LogP contribution in [0, 0.1) is 0 Å². The molecule has 0 amide bonds. The van der Waals surface area contributed by atoms with Crippen molar-refractivity contribution in [1.82, 2.24) is 0 Å². The van der Waals surface area contributed by atoms with Gasteiger partial charge in [0.2, 0.25) is 0 Å². The topological polar surface area (TPSA) is 138 Å². The number of hydrogen-bond acceptors (Lipinski definition) is 5. The summed E-state index contributed by atoms with van der Waals surface area (Å²) >= 11 is 1.09. The summed E-state index contributed by atoms with van der Waals surface area (Å²) < 4.78 is 35.0. The standard InChI is InChI=1S/C24H41O.C4H6O7S.Na/c1-3-5-6-7-8-9-10-11-12-13-14-15-16-17-20-23-21-18-19-22-24(23)25-4-2;5-3(6)1-2(4(7)8)12(9,10)11;/h4,18-19,21-22H,3,5-17,20H2,1-2H3;2H,1H2,(H,5,6)(H,7,8)(H,9,10,11);. The summed E-state index contributed by atoms with van der Waals surface area (Å²) in [4.78, 5) is 20.0. The van der Waals surface area contributed by atoms with Crippen molar-refractivity contribution in [3.63, 3.8) is 0 Å². The molecule has 3 N–H and O–H groups in total. The van der Waals surface area contributed by atoms with E-state index in [0.29, 0.717) is 3.35 Å². The van der Waals surface area contributed by atoms with Gasteiger partial charge in [0, 0.05) is 0 Å². The molecule has 0 aliphatic rings. The van der Waals surface area contributed by atoms with Gasteiger partial charge in [0.25, 0.3) is 10.1 Å². The Kier molecular flexibility index (Phi) is 22.0. The molecule has 0 aromatic heterocycles. The van der Waals surface area contributed by atoms with Crippen LogP contribution < -0.4 is 4.74 Å². The van der Waals surface area contributed by atoms with Crippen molar-refractivity contribution in [1.29, 1.82) is 0 Å². The molecule has 1 aromatic rings. The van der Waals surface area contributed by atoms with Crippen LogP contribution in [0.1, 0.15) is 116 Å².